The summed E-state index contributed by atoms with van der Waals surface area (Å²) >= 11 is 4.63. The molecule has 0 unspecified atom stereocenters. The van der Waals surface area contributed by atoms with Crippen molar-refractivity contribution in [3.63, 3.8) is 0 Å². The van der Waals surface area contributed by atoms with Crippen molar-refractivity contribution < 1.29 is 18.4 Å². The van der Waals surface area contributed by atoms with Crippen LogP contribution in [0.15, 0.2) is 86.9 Å². The van der Waals surface area contributed by atoms with Crippen molar-refractivity contribution >= 4 is 50.9 Å². The van der Waals surface area contributed by atoms with Crippen LogP contribution in [0.25, 0.3) is 11.5 Å². The number of hydrogen-bond acceptors (Lipinski definition) is 7. The second-order valence-electron chi connectivity index (χ2n) is 8.53. The zero-order valence-electron chi connectivity index (χ0n) is 20.1. The van der Waals surface area contributed by atoms with Gasteiger partial charge in [-0.25, -0.2) is 4.39 Å². The topological polar surface area (TPSA) is 91.6 Å². The third kappa shape index (κ3) is 6.22. The largest absolute Gasteiger partial charge is 0.411 e. The van der Waals surface area contributed by atoms with Gasteiger partial charge >= 0.3 is 0 Å². The lowest BCUT2D eigenvalue weighted by atomic mass is 10.1. The van der Waals surface area contributed by atoms with E-state index in [9.17, 15) is 14.0 Å². The second-order valence-corrected chi connectivity index (χ2v) is 10.3. The first-order valence-corrected chi connectivity index (χ1v) is 13.6. The van der Waals surface area contributed by atoms with E-state index in [0.29, 0.717) is 48.5 Å². The summed E-state index contributed by atoms with van der Waals surface area (Å²) in [4.78, 5) is 29.0. The Morgan fingerprint density at radius 2 is 1.74 bits per heavy atom. The molecule has 5 rings (SSSR count). The summed E-state index contributed by atoms with van der Waals surface area (Å²) in [5.74, 6) is -0.256. The SMILES string of the molecule is O=C(CSc1nnc(-c2ccccc2Br)o1)Nc1ccc(N2CCN(C(=O)c3cccc(F)c3)CC2)cc1. The Labute approximate surface area is 231 Å². The second kappa shape index (κ2) is 11.8. The summed E-state index contributed by atoms with van der Waals surface area (Å²) in [6.45, 7) is 2.41. The third-order valence-electron chi connectivity index (χ3n) is 5.99. The average molecular weight is 596 g/mol. The molecule has 4 aromatic rings. The monoisotopic (exact) mass is 595 g/mol. The molecule has 3 aromatic carbocycles. The number of piperazine rings is 1. The van der Waals surface area contributed by atoms with Gasteiger partial charge in [0.25, 0.3) is 11.1 Å². The molecule has 1 saturated heterocycles. The Hall–Kier alpha value is -3.70. The zero-order valence-corrected chi connectivity index (χ0v) is 22.5. The van der Waals surface area contributed by atoms with Crippen LogP contribution in [0, 0.1) is 5.82 Å². The predicted octanol–water partition coefficient (Wildman–Crippen LogP) is 5.33. The van der Waals surface area contributed by atoms with Gasteiger partial charge < -0.3 is 19.5 Å². The Kier molecular flexibility index (Phi) is 8.04. The van der Waals surface area contributed by atoms with Gasteiger partial charge in [0.15, 0.2) is 0 Å². The number of nitrogens with zero attached hydrogens (tertiary/aromatic N) is 4. The van der Waals surface area contributed by atoms with E-state index in [-0.39, 0.29) is 17.6 Å². The van der Waals surface area contributed by atoms with Crippen LogP contribution >= 0.6 is 27.7 Å². The van der Waals surface area contributed by atoms with E-state index in [1.165, 1.54) is 23.9 Å². The first-order valence-electron chi connectivity index (χ1n) is 11.9. The van der Waals surface area contributed by atoms with Crippen LogP contribution in [0.4, 0.5) is 15.8 Å². The molecular formula is C27H23BrFN5O3S. The summed E-state index contributed by atoms with van der Waals surface area (Å²) in [5.41, 5.74) is 2.83. The minimum absolute atomic E-state index is 0.126. The Morgan fingerprint density at radius 1 is 0.974 bits per heavy atom. The Morgan fingerprint density at radius 3 is 2.47 bits per heavy atom. The van der Waals surface area contributed by atoms with E-state index >= 15 is 0 Å². The lowest BCUT2D eigenvalue weighted by Crippen LogP contribution is -2.48. The molecule has 0 saturated carbocycles. The maximum atomic E-state index is 13.5. The number of amides is 2. The predicted molar refractivity (Wildman–Crippen MR) is 148 cm³/mol. The van der Waals surface area contributed by atoms with Crippen LogP contribution in [0.5, 0.6) is 0 Å². The Balaban J connectivity index is 1.09. The highest BCUT2D eigenvalue weighted by atomic mass is 79.9. The highest BCUT2D eigenvalue weighted by Gasteiger charge is 2.22. The third-order valence-corrected chi connectivity index (χ3v) is 7.50. The van der Waals surface area contributed by atoms with Crippen LogP contribution in [-0.4, -0.2) is 58.8 Å². The number of benzene rings is 3. The van der Waals surface area contributed by atoms with Crippen molar-refractivity contribution in [1.29, 1.82) is 0 Å². The molecule has 8 nitrogen and oxygen atoms in total. The van der Waals surface area contributed by atoms with Crippen LogP contribution < -0.4 is 10.2 Å². The van der Waals surface area contributed by atoms with Gasteiger partial charge in [-0.2, -0.15) is 0 Å². The first kappa shape index (κ1) is 25.9. The molecule has 2 amide bonds. The van der Waals surface area contributed by atoms with Crippen molar-refractivity contribution in [2.75, 3.05) is 42.1 Å². The molecule has 0 bridgehead atoms. The molecule has 1 aromatic heterocycles. The van der Waals surface area contributed by atoms with Crippen LogP contribution in [-0.2, 0) is 4.79 Å². The van der Waals surface area contributed by atoms with Crippen molar-refractivity contribution in [3.05, 3.63) is 88.6 Å². The number of hydrogen-bond donors (Lipinski definition) is 1. The lowest BCUT2D eigenvalue weighted by molar-refractivity contribution is -0.113. The van der Waals surface area contributed by atoms with Crippen molar-refractivity contribution in [2.45, 2.75) is 5.22 Å². The van der Waals surface area contributed by atoms with Crippen LogP contribution in [0.3, 0.4) is 0 Å². The molecule has 0 aliphatic carbocycles. The van der Waals surface area contributed by atoms with E-state index in [1.54, 1.807) is 17.0 Å². The molecule has 2 heterocycles. The average Bonchev–Trinajstić information content (AvgIpc) is 3.41. The number of halogens is 2. The smallest absolute Gasteiger partial charge is 0.277 e. The molecule has 0 radical (unpaired) electrons. The van der Waals surface area contributed by atoms with Gasteiger partial charge in [-0.15, -0.1) is 10.2 Å². The fourth-order valence-electron chi connectivity index (χ4n) is 4.06. The summed E-state index contributed by atoms with van der Waals surface area (Å²) < 4.78 is 20.0. The molecule has 1 aliphatic rings. The van der Waals surface area contributed by atoms with Gasteiger partial charge in [-0.3, -0.25) is 9.59 Å². The first-order chi connectivity index (χ1) is 18.5. The van der Waals surface area contributed by atoms with Gasteiger partial charge in [0.05, 0.1) is 11.3 Å². The van der Waals surface area contributed by atoms with Crippen LogP contribution in [0.1, 0.15) is 10.4 Å². The number of anilines is 2. The molecule has 0 spiro atoms. The molecule has 1 fully saturated rings. The van der Waals surface area contributed by atoms with Crippen molar-refractivity contribution in [3.8, 4) is 11.5 Å². The van der Waals surface area contributed by atoms with Crippen molar-refractivity contribution in [1.82, 2.24) is 15.1 Å². The molecule has 0 atom stereocenters. The number of aromatic nitrogens is 2. The number of rotatable bonds is 7. The summed E-state index contributed by atoms with van der Waals surface area (Å²) in [7, 11) is 0. The quantitative estimate of drug-likeness (QED) is 0.289. The van der Waals surface area contributed by atoms with E-state index < -0.39 is 5.82 Å². The zero-order chi connectivity index (χ0) is 26.5. The van der Waals surface area contributed by atoms with Gasteiger partial charge in [-0.1, -0.05) is 30.0 Å². The fourth-order valence-corrected chi connectivity index (χ4v) is 5.08. The van der Waals surface area contributed by atoms with E-state index in [1.807, 2.05) is 48.5 Å². The number of carbonyl (C=O) groups is 2. The highest BCUT2D eigenvalue weighted by Crippen LogP contribution is 2.29. The maximum Gasteiger partial charge on any atom is 0.277 e. The van der Waals surface area contributed by atoms with Crippen LogP contribution in [0.2, 0.25) is 0 Å². The maximum absolute atomic E-state index is 13.5. The molecule has 11 heteroatoms. The minimum atomic E-state index is -0.416. The molecule has 38 heavy (non-hydrogen) atoms. The van der Waals surface area contributed by atoms with E-state index in [0.717, 1.165) is 15.7 Å². The number of carbonyl (C=O) groups excluding carboxylic acids is 2. The van der Waals surface area contributed by atoms with Gasteiger partial charge in [0.2, 0.25) is 11.8 Å². The molecule has 1 N–H and O–H groups in total. The van der Waals surface area contributed by atoms with Crippen molar-refractivity contribution in [2.24, 2.45) is 0 Å². The number of nitrogens with one attached hydrogen (secondary N) is 1. The van der Waals surface area contributed by atoms with Gasteiger partial charge in [0, 0.05) is 47.6 Å². The molecule has 194 valence electrons. The normalized spacial score (nSPS) is 13.4. The summed E-state index contributed by atoms with van der Waals surface area (Å²) in [5, 5.41) is 11.3. The summed E-state index contributed by atoms with van der Waals surface area (Å²) in [6, 6.07) is 20.9. The van der Waals surface area contributed by atoms with E-state index in [2.05, 4.69) is 36.3 Å². The van der Waals surface area contributed by atoms with E-state index in [4.69, 9.17) is 4.42 Å². The standard InChI is InChI=1S/C27H23BrFN5O3S/c28-23-7-2-1-6-22(23)25-31-32-27(37-25)38-17-24(35)30-20-8-10-21(11-9-20)33-12-14-34(15-13-33)26(36)18-4-3-5-19(29)16-18/h1-11,16H,12-15,17H2,(H,30,35). The fraction of sp³-hybridized carbons (Fsp3) is 0.185. The lowest BCUT2D eigenvalue weighted by Gasteiger charge is -2.36. The highest BCUT2D eigenvalue weighted by molar-refractivity contribution is 9.10. The Bertz CT molecular complexity index is 1440. The van der Waals surface area contributed by atoms with Gasteiger partial charge in [-0.05, 0) is 70.5 Å². The van der Waals surface area contributed by atoms with Gasteiger partial charge in [0.1, 0.15) is 5.82 Å². The minimum Gasteiger partial charge on any atom is -0.411 e. The summed E-state index contributed by atoms with van der Waals surface area (Å²) in [6.07, 6.45) is 0. The molecule has 1 aliphatic heterocycles. The number of thioether (sulfide) groups is 1. The molecular weight excluding hydrogens is 573 g/mol.